The van der Waals surface area contributed by atoms with E-state index in [1.54, 1.807) is 17.3 Å². The smallest absolute Gasteiger partial charge is 0.255 e. The van der Waals surface area contributed by atoms with E-state index in [9.17, 15) is 14.4 Å². The lowest BCUT2D eigenvalue weighted by molar-refractivity contribution is -0.136. The summed E-state index contributed by atoms with van der Waals surface area (Å²) >= 11 is 6.36. The summed E-state index contributed by atoms with van der Waals surface area (Å²) in [5.41, 5.74) is 2.64. The number of imide groups is 1. The van der Waals surface area contributed by atoms with E-state index < -0.39 is 11.9 Å². The van der Waals surface area contributed by atoms with E-state index in [2.05, 4.69) is 15.2 Å². The number of halogens is 1. The Balaban J connectivity index is 1.12. The van der Waals surface area contributed by atoms with Crippen LogP contribution in [0.4, 0.5) is 0 Å². The largest absolute Gasteiger partial charge is 0.489 e. The molecule has 3 amide bonds. The lowest BCUT2D eigenvalue weighted by Crippen LogP contribution is -2.57. The van der Waals surface area contributed by atoms with Gasteiger partial charge in [-0.25, -0.2) is 0 Å². The molecule has 0 bridgehead atoms. The van der Waals surface area contributed by atoms with Crippen LogP contribution in [-0.2, 0) is 16.1 Å². The van der Waals surface area contributed by atoms with E-state index in [4.69, 9.17) is 16.3 Å². The Labute approximate surface area is 214 Å². The zero-order valence-corrected chi connectivity index (χ0v) is 20.7. The molecule has 4 heterocycles. The first-order valence-electron chi connectivity index (χ1n) is 12.8. The van der Waals surface area contributed by atoms with Gasteiger partial charge in [-0.3, -0.25) is 29.6 Å². The molecule has 6 rings (SSSR count). The molecule has 36 heavy (non-hydrogen) atoms. The Morgan fingerprint density at radius 1 is 1.06 bits per heavy atom. The summed E-state index contributed by atoms with van der Waals surface area (Å²) in [7, 11) is 0. The minimum Gasteiger partial charge on any atom is -0.489 e. The molecule has 1 saturated carbocycles. The summed E-state index contributed by atoms with van der Waals surface area (Å²) in [5, 5.41) is 3.08. The lowest BCUT2D eigenvalue weighted by Gasteiger charge is -2.48. The van der Waals surface area contributed by atoms with E-state index in [-0.39, 0.29) is 24.3 Å². The summed E-state index contributed by atoms with van der Waals surface area (Å²) in [6.45, 7) is 2.29. The lowest BCUT2D eigenvalue weighted by atomic mass is 9.84. The average Bonchev–Trinajstić information content (AvgIpc) is 3.16. The fraction of sp³-hybridized carbons (Fsp3) is 0.481. The summed E-state index contributed by atoms with van der Waals surface area (Å²) in [6.07, 6.45) is 8.66. The molecule has 0 radical (unpaired) electrons. The number of carbonyl (C=O) groups is 3. The van der Waals surface area contributed by atoms with Crippen molar-refractivity contribution < 1.29 is 19.1 Å². The summed E-state index contributed by atoms with van der Waals surface area (Å²) in [4.78, 5) is 45.0. The van der Waals surface area contributed by atoms with E-state index >= 15 is 0 Å². The molecule has 1 aromatic carbocycles. The van der Waals surface area contributed by atoms with Crippen molar-refractivity contribution in [3.8, 4) is 5.75 Å². The third kappa shape index (κ3) is 4.26. The van der Waals surface area contributed by atoms with E-state index in [0.717, 1.165) is 48.7 Å². The molecule has 4 aliphatic rings. The second-order valence-corrected chi connectivity index (χ2v) is 10.7. The van der Waals surface area contributed by atoms with Gasteiger partial charge in [-0.15, -0.1) is 0 Å². The van der Waals surface area contributed by atoms with E-state index in [1.165, 1.54) is 12.0 Å². The van der Waals surface area contributed by atoms with Crippen LogP contribution in [0.15, 0.2) is 36.7 Å². The van der Waals surface area contributed by atoms with Gasteiger partial charge in [-0.05, 0) is 61.1 Å². The first-order chi connectivity index (χ1) is 17.5. The van der Waals surface area contributed by atoms with Crippen molar-refractivity contribution in [2.24, 2.45) is 0 Å². The molecule has 1 aliphatic carbocycles. The molecule has 3 fully saturated rings. The molecule has 1 aromatic heterocycles. The maximum absolute atomic E-state index is 13.0. The van der Waals surface area contributed by atoms with Gasteiger partial charge in [0.05, 0.1) is 5.02 Å². The summed E-state index contributed by atoms with van der Waals surface area (Å²) in [5.74, 6) is 0.346. The molecule has 8 nitrogen and oxygen atoms in total. The Bertz CT molecular complexity index is 1210. The number of rotatable bonds is 5. The first-order valence-corrected chi connectivity index (χ1v) is 13.1. The van der Waals surface area contributed by atoms with Crippen LogP contribution >= 0.6 is 11.6 Å². The van der Waals surface area contributed by atoms with Crippen molar-refractivity contribution in [1.82, 2.24) is 20.1 Å². The number of pyridine rings is 1. The van der Waals surface area contributed by atoms with Crippen LogP contribution in [0.5, 0.6) is 5.75 Å². The van der Waals surface area contributed by atoms with Crippen LogP contribution in [0.2, 0.25) is 5.02 Å². The highest BCUT2D eigenvalue weighted by Crippen LogP contribution is 2.38. The van der Waals surface area contributed by atoms with Crippen LogP contribution in [-0.4, -0.2) is 63.8 Å². The number of likely N-dealkylation sites (tertiary alicyclic amines) is 1. The molecule has 0 unspecified atom stereocenters. The molecular formula is C27H29ClN4O4. The van der Waals surface area contributed by atoms with Gasteiger partial charge in [-0.2, -0.15) is 0 Å². The standard InChI is InChI=1S/C27H29ClN4O4/c28-21-12-29-10-9-19(21)17-13-31(14-17)22-3-1-2-4-24(22)36-18-5-6-20-16(11-18)15-32(27(20)35)23-7-8-25(33)30-26(23)34/h5-6,9-12,17,22-24H,1-4,7-8,13-15H2,(H,30,33,34)/t22-,23+,24+/m1/s1. The average molecular weight is 509 g/mol. The number of ether oxygens (including phenoxy) is 1. The number of benzene rings is 1. The maximum atomic E-state index is 13.0. The quantitative estimate of drug-likeness (QED) is 0.623. The Morgan fingerprint density at radius 2 is 1.89 bits per heavy atom. The Kier molecular flexibility index (Phi) is 6.17. The number of nitrogens with one attached hydrogen (secondary N) is 1. The second-order valence-electron chi connectivity index (χ2n) is 10.3. The molecule has 0 spiro atoms. The van der Waals surface area contributed by atoms with Crippen molar-refractivity contribution in [3.63, 3.8) is 0 Å². The number of nitrogens with zero attached hydrogens (tertiary/aromatic N) is 3. The normalized spacial score (nSPS) is 27.0. The predicted octanol–water partition coefficient (Wildman–Crippen LogP) is 3.29. The Morgan fingerprint density at radius 3 is 2.69 bits per heavy atom. The number of hydrogen-bond acceptors (Lipinski definition) is 6. The van der Waals surface area contributed by atoms with Crippen molar-refractivity contribution >= 4 is 29.3 Å². The first kappa shape index (κ1) is 23.4. The molecule has 2 saturated heterocycles. The van der Waals surface area contributed by atoms with Gasteiger partial charge in [0.15, 0.2) is 0 Å². The van der Waals surface area contributed by atoms with Gasteiger partial charge in [-0.1, -0.05) is 18.0 Å². The minimum atomic E-state index is -0.608. The van der Waals surface area contributed by atoms with Gasteiger partial charge in [0.25, 0.3) is 5.91 Å². The van der Waals surface area contributed by atoms with Gasteiger partial charge < -0.3 is 9.64 Å². The fourth-order valence-electron chi connectivity index (χ4n) is 6.13. The SMILES string of the molecule is O=C1CC[C@H](N2Cc3cc(O[C@H]4CCCC[C@H]4N4CC(c5ccncc5Cl)C4)ccc3C2=O)C(=O)N1. The summed E-state index contributed by atoms with van der Waals surface area (Å²) in [6, 6.07) is 7.38. The van der Waals surface area contributed by atoms with Crippen molar-refractivity contribution in [2.75, 3.05) is 13.1 Å². The third-order valence-corrected chi connectivity index (χ3v) is 8.39. The van der Waals surface area contributed by atoms with Gasteiger partial charge in [0.2, 0.25) is 11.8 Å². The van der Waals surface area contributed by atoms with Crippen LogP contribution in [0.25, 0.3) is 0 Å². The zero-order valence-electron chi connectivity index (χ0n) is 20.0. The van der Waals surface area contributed by atoms with E-state index in [1.807, 2.05) is 24.3 Å². The second kappa shape index (κ2) is 9.48. The predicted molar refractivity (Wildman–Crippen MR) is 133 cm³/mol. The van der Waals surface area contributed by atoms with Crippen LogP contribution in [0.1, 0.15) is 65.9 Å². The number of amides is 3. The molecular weight excluding hydrogens is 480 g/mol. The van der Waals surface area contributed by atoms with Crippen LogP contribution in [0, 0.1) is 0 Å². The zero-order chi connectivity index (χ0) is 24.8. The Hall–Kier alpha value is -2.97. The third-order valence-electron chi connectivity index (χ3n) is 8.07. The topological polar surface area (TPSA) is 91.8 Å². The number of piperidine rings is 1. The molecule has 2 aromatic rings. The molecule has 1 N–H and O–H groups in total. The number of fused-ring (bicyclic) bond motifs is 1. The molecule has 3 atom stereocenters. The molecule has 3 aliphatic heterocycles. The van der Waals surface area contributed by atoms with Gasteiger partial charge >= 0.3 is 0 Å². The number of hydrogen-bond donors (Lipinski definition) is 1. The number of carbonyl (C=O) groups excluding carboxylic acids is 3. The van der Waals surface area contributed by atoms with Crippen molar-refractivity contribution in [2.45, 2.75) is 69.2 Å². The van der Waals surface area contributed by atoms with E-state index in [0.29, 0.717) is 30.5 Å². The van der Waals surface area contributed by atoms with Crippen molar-refractivity contribution in [1.29, 1.82) is 0 Å². The highest BCUT2D eigenvalue weighted by atomic mass is 35.5. The monoisotopic (exact) mass is 508 g/mol. The van der Waals surface area contributed by atoms with Crippen LogP contribution < -0.4 is 10.1 Å². The van der Waals surface area contributed by atoms with Gasteiger partial charge in [0.1, 0.15) is 17.9 Å². The van der Waals surface area contributed by atoms with Crippen molar-refractivity contribution in [3.05, 3.63) is 58.4 Å². The highest BCUT2D eigenvalue weighted by Gasteiger charge is 2.41. The number of aromatic nitrogens is 1. The fourth-order valence-corrected chi connectivity index (χ4v) is 6.40. The van der Waals surface area contributed by atoms with Gasteiger partial charge in [0, 0.05) is 56.0 Å². The maximum Gasteiger partial charge on any atom is 0.255 e. The molecule has 188 valence electrons. The van der Waals surface area contributed by atoms with Crippen LogP contribution in [0.3, 0.4) is 0 Å². The minimum absolute atomic E-state index is 0.0917. The highest BCUT2D eigenvalue weighted by molar-refractivity contribution is 6.31. The summed E-state index contributed by atoms with van der Waals surface area (Å²) < 4.78 is 6.53. The molecule has 9 heteroatoms.